The lowest BCUT2D eigenvalue weighted by molar-refractivity contribution is -0.137. The minimum Gasteiger partial charge on any atom is -0.481 e. The molecule has 0 aliphatic carbocycles. The fraction of sp³-hybridized carbons (Fsp3) is 0.800. The third kappa shape index (κ3) is 5.43. The second kappa shape index (κ2) is 4.59. The van der Waals surface area contributed by atoms with Gasteiger partial charge in [-0.1, -0.05) is 0 Å². The topological polar surface area (TPSA) is 63.3 Å². The molecule has 0 unspecified atom stereocenters. The molecule has 0 rings (SSSR count). The molecule has 0 aromatic heterocycles. The summed E-state index contributed by atoms with van der Waals surface area (Å²) in [5.74, 6) is -0.483. The molecule has 3 heteroatoms. The molecule has 0 fully saturated rings. The molecule has 3 nitrogen and oxygen atoms in total. The molecule has 0 amide bonds. The minimum absolute atomic E-state index is 0.306. The first-order chi connectivity index (χ1) is 4.31. The molecule has 48 valence electrons. The van der Waals surface area contributed by atoms with Gasteiger partial charge in [0.1, 0.15) is 0 Å². The van der Waals surface area contributed by atoms with Crippen molar-refractivity contribution in [1.29, 1.82) is 1.43 Å². The van der Waals surface area contributed by atoms with Crippen LogP contribution in [0.1, 0.15) is 19.3 Å². The maximum absolute atomic E-state index is 10.2. The first-order valence-corrected chi connectivity index (χ1v) is 2.67. The molecule has 3 N–H and O–H groups in total. The van der Waals surface area contributed by atoms with Crippen molar-refractivity contribution in [1.82, 2.24) is 0 Å². The zero-order valence-electron chi connectivity index (χ0n) is 5.72. The largest absolute Gasteiger partial charge is 0.481 e. The van der Waals surface area contributed by atoms with Gasteiger partial charge in [-0.2, -0.15) is 0 Å². The Balaban J connectivity index is 2.97. The van der Waals surface area contributed by atoms with E-state index in [-0.39, 0.29) is 0 Å². The molecule has 0 aromatic carbocycles. The van der Waals surface area contributed by atoms with Gasteiger partial charge in [-0.3, -0.25) is 4.79 Å². The van der Waals surface area contributed by atoms with Crippen LogP contribution in [0.25, 0.3) is 1.43 Å². The van der Waals surface area contributed by atoms with Crippen LogP contribution in [0.5, 0.6) is 0 Å². The molecular weight excluding hydrogens is 106 g/mol. The van der Waals surface area contributed by atoms with Crippen molar-refractivity contribution in [2.24, 2.45) is 5.73 Å². The number of carboxylic acid groups (broad SMARTS) is 1. The summed E-state index contributed by atoms with van der Waals surface area (Å²) in [6.07, 6.45) is 1.84. The van der Waals surface area contributed by atoms with Crippen LogP contribution in [0.2, 0.25) is 0 Å². The maximum Gasteiger partial charge on any atom is 0.303 e. The smallest absolute Gasteiger partial charge is 0.303 e. The van der Waals surface area contributed by atoms with Crippen molar-refractivity contribution >= 4 is 5.97 Å². The third-order valence-electron chi connectivity index (χ3n) is 0.835. The van der Waals surface area contributed by atoms with Crippen molar-refractivity contribution in [3.8, 4) is 0 Å². The lowest BCUT2D eigenvalue weighted by Gasteiger charge is -1.90. The molecule has 0 bridgehead atoms. The molecule has 0 aliphatic heterocycles. The lowest BCUT2D eigenvalue weighted by atomic mass is 10.2. The average molecular weight is 118 g/mol. The number of hydrogen-bond acceptors (Lipinski definition) is 3. The number of hydrogen-bond donors (Lipinski definition) is 2. The van der Waals surface area contributed by atoms with Crippen LogP contribution in [-0.4, -0.2) is 17.6 Å². The summed E-state index contributed by atoms with van der Waals surface area (Å²) in [5.41, 5.74) is 5.16. The zero-order valence-corrected chi connectivity index (χ0v) is 4.72. The van der Waals surface area contributed by atoms with Crippen LogP contribution in [-0.2, 0) is 4.79 Å². The highest BCUT2D eigenvalue weighted by molar-refractivity contribution is 5.66. The van der Waals surface area contributed by atoms with Crippen molar-refractivity contribution < 1.29 is 9.90 Å². The predicted octanol–water partition coefficient (Wildman–Crippen LogP) is 0.200. The summed E-state index contributed by atoms with van der Waals surface area (Å²) in [4.78, 5) is 10.2. The molecule has 0 aliphatic rings. The average Bonchev–Trinajstić information content (AvgIpc) is 1.89. The molecule has 0 radical (unpaired) electrons. The summed E-state index contributed by atoms with van der Waals surface area (Å²) < 4.78 is 6.16. The van der Waals surface area contributed by atoms with Crippen molar-refractivity contribution in [3.05, 3.63) is 0 Å². The first-order valence-electron chi connectivity index (χ1n) is 3.08. The fourth-order valence-corrected chi connectivity index (χ4v) is 0.414. The Bertz CT molecular complexity index is 87.0. The van der Waals surface area contributed by atoms with E-state index < -0.39 is 5.97 Å². The number of carbonyl (C=O) groups is 1. The van der Waals surface area contributed by atoms with Gasteiger partial charge in [0.2, 0.25) is 0 Å². The van der Waals surface area contributed by atoms with E-state index in [1.165, 1.54) is 0 Å². The van der Waals surface area contributed by atoms with E-state index >= 15 is 0 Å². The van der Waals surface area contributed by atoms with E-state index in [9.17, 15) is 4.79 Å². The van der Waals surface area contributed by atoms with E-state index in [1.807, 2.05) is 0 Å². The fourth-order valence-electron chi connectivity index (χ4n) is 0.414. The van der Waals surface area contributed by atoms with Crippen LogP contribution in [0.4, 0.5) is 0 Å². The van der Waals surface area contributed by atoms with E-state index in [1.54, 1.807) is 0 Å². The Morgan fingerprint density at radius 3 is 3.00 bits per heavy atom. The predicted molar refractivity (Wildman–Crippen MR) is 30.5 cm³/mol. The normalized spacial score (nSPS) is 10.4. The Hall–Kier alpha value is -0.570. The van der Waals surface area contributed by atoms with Crippen molar-refractivity contribution in [2.45, 2.75) is 19.3 Å². The van der Waals surface area contributed by atoms with Gasteiger partial charge in [-0.25, -0.2) is 0 Å². The standard InChI is InChI=1S/C5H11NO2/c6-4-2-1-3-5(7)8/h1-4,6H2,(H,7,8)/i/hD. The minimum atomic E-state index is -0.483. The Morgan fingerprint density at radius 1 is 1.75 bits per heavy atom. The van der Waals surface area contributed by atoms with Crippen LogP contribution >= 0.6 is 0 Å². The molecule has 0 atom stereocenters. The van der Waals surface area contributed by atoms with Gasteiger partial charge in [-0.05, 0) is 19.4 Å². The Labute approximate surface area is 50.0 Å². The summed E-state index contributed by atoms with van der Waals surface area (Å²) >= 11 is 0. The van der Waals surface area contributed by atoms with Crippen LogP contribution in [0, 0.1) is 0 Å². The number of carboxylic acids is 1. The molecule has 0 saturated carbocycles. The number of nitrogens with two attached hydrogens (primary N) is 1. The van der Waals surface area contributed by atoms with Crippen molar-refractivity contribution in [3.63, 3.8) is 0 Å². The van der Waals surface area contributed by atoms with Crippen molar-refractivity contribution in [2.75, 3.05) is 6.54 Å². The summed E-state index contributed by atoms with van der Waals surface area (Å²) in [7, 11) is 0. The number of rotatable bonds is 4. The quantitative estimate of drug-likeness (QED) is 0.518. The summed E-state index contributed by atoms with van der Waals surface area (Å²) in [6, 6.07) is 0. The second-order valence-corrected chi connectivity index (χ2v) is 1.62. The van der Waals surface area contributed by atoms with Crippen LogP contribution in [0.15, 0.2) is 0 Å². The van der Waals surface area contributed by atoms with E-state index in [4.69, 9.17) is 7.16 Å². The molecule has 0 spiro atoms. The van der Waals surface area contributed by atoms with E-state index in [0.717, 1.165) is 6.42 Å². The van der Waals surface area contributed by atoms with E-state index in [2.05, 4.69) is 5.11 Å². The highest BCUT2D eigenvalue weighted by Crippen LogP contribution is 1.91. The summed E-state index contributed by atoms with van der Waals surface area (Å²) in [6.45, 7) is 0.589. The second-order valence-electron chi connectivity index (χ2n) is 1.62. The molecular formula is C5H11NO2. The lowest BCUT2D eigenvalue weighted by Crippen LogP contribution is -2.00. The third-order valence-corrected chi connectivity index (χ3v) is 0.835. The van der Waals surface area contributed by atoms with Crippen LogP contribution in [0.3, 0.4) is 0 Å². The van der Waals surface area contributed by atoms with Gasteiger partial charge in [0.25, 0.3) is 1.43 Å². The molecule has 0 aromatic rings. The van der Waals surface area contributed by atoms with Gasteiger partial charge >= 0.3 is 5.97 Å². The van der Waals surface area contributed by atoms with Gasteiger partial charge in [-0.15, -0.1) is 0 Å². The monoisotopic (exact) mass is 118 g/mol. The highest BCUT2D eigenvalue weighted by atomic mass is 16.4. The Morgan fingerprint density at radius 2 is 2.50 bits per heavy atom. The summed E-state index contributed by atoms with van der Waals surface area (Å²) in [5, 5.41) is 3.67. The van der Waals surface area contributed by atoms with Crippen LogP contribution < -0.4 is 5.73 Å². The van der Waals surface area contributed by atoms with Gasteiger partial charge < -0.3 is 10.8 Å². The number of aliphatic carboxylic acids is 1. The first kappa shape index (κ1) is 5.56. The van der Waals surface area contributed by atoms with Gasteiger partial charge in [0.05, 0.1) is 0 Å². The zero-order chi connectivity index (χ0) is 7.11. The molecule has 0 heterocycles. The van der Waals surface area contributed by atoms with Gasteiger partial charge in [0, 0.05) is 6.42 Å². The van der Waals surface area contributed by atoms with Gasteiger partial charge in [0.15, 0.2) is 0 Å². The van der Waals surface area contributed by atoms with E-state index in [0.29, 0.717) is 19.4 Å². The highest BCUT2D eigenvalue weighted by Gasteiger charge is 1.92. The Kier molecular flexibility index (Phi) is 3.19. The molecule has 8 heavy (non-hydrogen) atoms. The number of unbranched alkanes of at least 4 members (excludes halogenated alkanes) is 1. The maximum atomic E-state index is 10.2. The SMILES string of the molecule is [2H]OC(=O)CCCCN. The molecule has 0 saturated heterocycles.